The molecule has 0 bridgehead atoms. The molecule has 7 nitrogen and oxygen atoms in total. The summed E-state index contributed by atoms with van der Waals surface area (Å²) in [7, 11) is -4.29. The molecule has 5 rings (SSSR count). The van der Waals surface area contributed by atoms with Gasteiger partial charge in [0.2, 0.25) is 11.8 Å². The normalized spacial score (nSPS) is 14.1. The molecule has 0 radical (unpaired) electrons. The van der Waals surface area contributed by atoms with Crippen LogP contribution in [0.3, 0.4) is 0 Å². The Bertz CT molecular complexity index is 1770. The van der Waals surface area contributed by atoms with Crippen molar-refractivity contribution in [1.82, 2.24) is 10.2 Å². The zero-order valence-corrected chi connectivity index (χ0v) is 28.9. The Morgan fingerprint density at radius 1 is 0.848 bits per heavy atom. The fraction of sp³-hybridized carbons (Fsp3) is 0.257. The summed E-state index contributed by atoms with van der Waals surface area (Å²) in [4.78, 5) is 30.2. The first-order chi connectivity index (χ1) is 22.1. The number of nitrogens with one attached hydrogen (secondary N) is 1. The molecule has 4 aromatic rings. The molecule has 0 heterocycles. The molecule has 1 saturated carbocycles. The first kappa shape index (κ1) is 34.0. The zero-order chi connectivity index (χ0) is 32.7. The molecule has 1 aliphatic rings. The van der Waals surface area contributed by atoms with E-state index in [0.29, 0.717) is 0 Å². The maximum atomic E-state index is 14.6. The molecule has 0 aliphatic heterocycles. The number of anilines is 1. The summed E-state index contributed by atoms with van der Waals surface area (Å²) >= 11 is 16.4. The molecule has 0 aromatic heterocycles. The van der Waals surface area contributed by atoms with Crippen LogP contribution in [-0.2, 0) is 32.6 Å². The average molecular weight is 744 g/mol. The molecule has 1 atom stereocenters. The van der Waals surface area contributed by atoms with Crippen molar-refractivity contribution in [1.29, 1.82) is 0 Å². The van der Waals surface area contributed by atoms with Crippen LogP contribution in [0.1, 0.15) is 36.8 Å². The van der Waals surface area contributed by atoms with E-state index in [4.69, 9.17) is 23.2 Å². The van der Waals surface area contributed by atoms with E-state index in [1.165, 1.54) is 23.1 Å². The lowest BCUT2D eigenvalue weighted by molar-refractivity contribution is -0.140. The highest BCUT2D eigenvalue weighted by Crippen LogP contribution is 2.35. The number of hydrogen-bond acceptors (Lipinski definition) is 4. The van der Waals surface area contributed by atoms with Crippen LogP contribution >= 0.6 is 39.1 Å². The third-order valence-corrected chi connectivity index (χ3v) is 11.1. The van der Waals surface area contributed by atoms with Crippen LogP contribution in [0.25, 0.3) is 0 Å². The van der Waals surface area contributed by atoms with Crippen molar-refractivity contribution in [3.63, 3.8) is 0 Å². The van der Waals surface area contributed by atoms with Crippen LogP contribution in [0.4, 0.5) is 5.69 Å². The second kappa shape index (κ2) is 15.5. The van der Waals surface area contributed by atoms with Crippen LogP contribution in [0, 0.1) is 0 Å². The molecular formula is C35H34BrCl2N3O4S. The number of sulfonamides is 1. The lowest BCUT2D eigenvalue weighted by Crippen LogP contribution is -2.54. The van der Waals surface area contributed by atoms with Gasteiger partial charge in [-0.25, -0.2) is 8.42 Å². The smallest absolute Gasteiger partial charge is 0.264 e. The number of halogens is 3. The molecule has 1 N–H and O–H groups in total. The van der Waals surface area contributed by atoms with Crippen molar-refractivity contribution in [2.24, 2.45) is 0 Å². The fourth-order valence-corrected chi connectivity index (χ4v) is 8.01. The van der Waals surface area contributed by atoms with Crippen molar-refractivity contribution in [2.75, 3.05) is 10.8 Å². The highest BCUT2D eigenvalue weighted by molar-refractivity contribution is 9.10. The van der Waals surface area contributed by atoms with Gasteiger partial charge in [-0.15, -0.1) is 0 Å². The summed E-state index contributed by atoms with van der Waals surface area (Å²) in [5.74, 6) is -0.851. The molecule has 46 heavy (non-hydrogen) atoms. The van der Waals surface area contributed by atoms with Gasteiger partial charge in [0.25, 0.3) is 10.0 Å². The number of carbonyl (C=O) groups excluding carboxylic acids is 2. The first-order valence-electron chi connectivity index (χ1n) is 15.0. The highest BCUT2D eigenvalue weighted by atomic mass is 79.9. The van der Waals surface area contributed by atoms with Crippen molar-refractivity contribution in [2.45, 2.75) is 55.6 Å². The van der Waals surface area contributed by atoms with Gasteiger partial charge < -0.3 is 10.2 Å². The summed E-state index contributed by atoms with van der Waals surface area (Å²) in [5, 5.41) is 3.31. The Balaban J connectivity index is 1.59. The standard InChI is InChI=1S/C35H34BrCl2N3O4S/c36-27-14-9-13-26(21-27)23-40(32(22-25-11-3-1-4-12-25)35(43)39-28-15-7-8-16-28)33(42)24-41(31-20-10-19-30(37)34(31)38)46(44,45)29-17-5-2-6-18-29/h1-6,9-14,17-21,28,32H,7-8,15-16,22-24H2,(H,39,43). The number of carbonyl (C=O) groups is 2. The lowest BCUT2D eigenvalue weighted by atomic mass is 10.0. The number of benzene rings is 4. The van der Waals surface area contributed by atoms with E-state index in [2.05, 4.69) is 21.2 Å². The molecule has 1 unspecified atom stereocenters. The van der Waals surface area contributed by atoms with Crippen LogP contribution in [-0.4, -0.2) is 43.8 Å². The van der Waals surface area contributed by atoms with Crippen LogP contribution in [0.15, 0.2) is 112 Å². The summed E-state index contributed by atoms with van der Waals surface area (Å²) in [5.41, 5.74) is 1.70. The van der Waals surface area contributed by atoms with E-state index in [9.17, 15) is 18.0 Å². The average Bonchev–Trinajstić information content (AvgIpc) is 3.57. The molecule has 11 heteroatoms. The maximum absolute atomic E-state index is 14.6. The minimum absolute atomic E-state index is 0.00479. The molecule has 2 amide bonds. The molecule has 0 saturated heterocycles. The van der Waals surface area contributed by atoms with Crippen LogP contribution in [0.2, 0.25) is 10.0 Å². The van der Waals surface area contributed by atoms with E-state index in [-0.39, 0.29) is 45.5 Å². The Labute approximate surface area is 288 Å². The van der Waals surface area contributed by atoms with Gasteiger partial charge in [-0.05, 0) is 60.4 Å². The van der Waals surface area contributed by atoms with Gasteiger partial charge in [-0.2, -0.15) is 0 Å². The molecule has 240 valence electrons. The van der Waals surface area contributed by atoms with Gasteiger partial charge in [0, 0.05) is 23.5 Å². The second-order valence-electron chi connectivity index (χ2n) is 11.2. The van der Waals surface area contributed by atoms with E-state index < -0.39 is 28.5 Å². The molecule has 1 fully saturated rings. The predicted molar refractivity (Wildman–Crippen MR) is 186 cm³/mol. The minimum Gasteiger partial charge on any atom is -0.352 e. The first-order valence-corrected chi connectivity index (χ1v) is 18.0. The Hall–Kier alpha value is -3.37. The molecule has 0 spiro atoms. The van der Waals surface area contributed by atoms with Gasteiger partial charge >= 0.3 is 0 Å². The van der Waals surface area contributed by atoms with Crippen LogP contribution < -0.4 is 9.62 Å². The number of hydrogen-bond donors (Lipinski definition) is 1. The van der Waals surface area contributed by atoms with Gasteiger partial charge in [-0.1, -0.05) is 119 Å². The Morgan fingerprint density at radius 3 is 2.15 bits per heavy atom. The SMILES string of the molecule is O=C(NC1CCCC1)C(Cc1ccccc1)N(Cc1cccc(Br)c1)C(=O)CN(c1cccc(Cl)c1Cl)S(=O)(=O)c1ccccc1. The third-order valence-electron chi connectivity index (χ3n) is 8.02. The molecule has 4 aromatic carbocycles. The minimum atomic E-state index is -4.29. The molecular weight excluding hydrogens is 709 g/mol. The largest absolute Gasteiger partial charge is 0.352 e. The van der Waals surface area contributed by atoms with Gasteiger partial charge in [0.1, 0.15) is 12.6 Å². The van der Waals surface area contributed by atoms with Crippen LogP contribution in [0.5, 0.6) is 0 Å². The lowest BCUT2D eigenvalue weighted by Gasteiger charge is -2.34. The summed E-state index contributed by atoms with van der Waals surface area (Å²) in [6.45, 7) is -0.552. The number of rotatable bonds is 12. The Morgan fingerprint density at radius 2 is 1.48 bits per heavy atom. The van der Waals surface area contributed by atoms with E-state index in [1.54, 1.807) is 30.3 Å². The highest BCUT2D eigenvalue weighted by Gasteiger charge is 2.36. The van der Waals surface area contributed by atoms with Crippen molar-refractivity contribution in [3.05, 3.63) is 129 Å². The monoisotopic (exact) mass is 741 g/mol. The Kier molecular flexibility index (Phi) is 11.4. The topological polar surface area (TPSA) is 86.8 Å². The zero-order valence-electron chi connectivity index (χ0n) is 25.0. The van der Waals surface area contributed by atoms with E-state index >= 15 is 0 Å². The van der Waals surface area contributed by atoms with Gasteiger partial charge in [0.05, 0.1) is 20.6 Å². The number of amides is 2. The third kappa shape index (κ3) is 8.31. The van der Waals surface area contributed by atoms with E-state index in [0.717, 1.165) is 45.6 Å². The van der Waals surface area contributed by atoms with Crippen molar-refractivity contribution >= 4 is 66.7 Å². The second-order valence-corrected chi connectivity index (χ2v) is 14.8. The summed E-state index contributed by atoms with van der Waals surface area (Å²) in [6.07, 6.45) is 4.05. The quantitative estimate of drug-likeness (QED) is 0.162. The summed E-state index contributed by atoms with van der Waals surface area (Å²) < 4.78 is 30.1. The van der Waals surface area contributed by atoms with Crippen molar-refractivity contribution in [3.8, 4) is 0 Å². The maximum Gasteiger partial charge on any atom is 0.264 e. The van der Waals surface area contributed by atoms with E-state index in [1.807, 2.05) is 54.6 Å². The molecule has 1 aliphatic carbocycles. The van der Waals surface area contributed by atoms with Gasteiger partial charge in [-0.3, -0.25) is 13.9 Å². The predicted octanol–water partition coefficient (Wildman–Crippen LogP) is 7.65. The number of nitrogens with zero attached hydrogens (tertiary/aromatic N) is 2. The summed E-state index contributed by atoms with van der Waals surface area (Å²) in [6, 6.07) is 28.5. The fourth-order valence-electron chi connectivity index (χ4n) is 5.67. The van der Waals surface area contributed by atoms with Gasteiger partial charge in [0.15, 0.2) is 0 Å². The van der Waals surface area contributed by atoms with Crippen molar-refractivity contribution < 1.29 is 18.0 Å².